The van der Waals surface area contributed by atoms with Gasteiger partial charge >= 0.3 is 0 Å². The van der Waals surface area contributed by atoms with Crippen LogP contribution in [0.1, 0.15) is 0 Å². The molecule has 0 saturated heterocycles. The summed E-state index contributed by atoms with van der Waals surface area (Å²) in [5.41, 5.74) is 17.6. The van der Waals surface area contributed by atoms with Gasteiger partial charge < -0.3 is 0 Å². The molecule has 0 aromatic heterocycles. The molecule has 0 fully saturated rings. The largest absolute Gasteiger partial charge is 0.0622 e. The van der Waals surface area contributed by atoms with Crippen LogP contribution in [0.5, 0.6) is 0 Å². The van der Waals surface area contributed by atoms with Crippen molar-refractivity contribution in [2.75, 3.05) is 0 Å². The van der Waals surface area contributed by atoms with E-state index in [0.29, 0.717) is 0 Å². The SMILES string of the molecule is c1ccc(-c2c3ccccc3c(-c3ccc4c(-c5ccc6ccccc6c5)c5ccccc5c(-c5ccc6ccccc6c5)c4c3)c3ccccc23)cc1.c1ccc2cc(-c3ccc(-c4c5ccccc5c(-c5ccc6ccccc6c5)c5c4ccc4ccccc45)cc3)ccc2c1. The fraction of sp³-hybridized carbons (Fsp3) is 0. The highest BCUT2D eigenvalue weighted by Gasteiger charge is 2.23. The first-order valence-corrected chi connectivity index (χ1v) is 34.0. The maximum Gasteiger partial charge on any atom is -0.00141 e. The first-order chi connectivity index (χ1) is 48.6. The average Bonchev–Trinajstić information content (AvgIpc) is 0.731. The summed E-state index contributed by atoms with van der Waals surface area (Å²) in [5.74, 6) is 0. The summed E-state index contributed by atoms with van der Waals surface area (Å²) >= 11 is 0. The van der Waals surface area contributed by atoms with Crippen LogP contribution in [0, 0.1) is 0 Å². The van der Waals surface area contributed by atoms with Crippen LogP contribution in [-0.2, 0) is 0 Å². The average molecular weight is 1240 g/mol. The third kappa shape index (κ3) is 9.60. The van der Waals surface area contributed by atoms with Crippen molar-refractivity contribution in [3.63, 3.8) is 0 Å². The van der Waals surface area contributed by atoms with Gasteiger partial charge in [0, 0.05) is 0 Å². The molecule has 0 unspecified atom stereocenters. The Balaban J connectivity index is 0.000000140. The molecule has 0 saturated carbocycles. The molecule has 0 amide bonds. The van der Waals surface area contributed by atoms with Crippen molar-refractivity contribution in [1.29, 1.82) is 0 Å². The van der Waals surface area contributed by atoms with E-state index in [1.54, 1.807) is 0 Å². The van der Waals surface area contributed by atoms with E-state index in [1.165, 1.54) is 196 Å². The summed E-state index contributed by atoms with van der Waals surface area (Å²) in [4.78, 5) is 0. The molecule has 0 heterocycles. The van der Waals surface area contributed by atoms with E-state index in [2.05, 4.69) is 376 Å². The fourth-order valence-corrected chi connectivity index (χ4v) is 16.1. The Kier molecular flexibility index (Phi) is 13.7. The maximum absolute atomic E-state index is 2.48. The van der Waals surface area contributed by atoms with Crippen molar-refractivity contribution in [3.05, 3.63) is 376 Å². The molecule has 0 spiro atoms. The minimum Gasteiger partial charge on any atom is -0.0622 e. The molecule has 0 aliphatic carbocycles. The van der Waals surface area contributed by atoms with Gasteiger partial charge in [-0.3, -0.25) is 0 Å². The predicted octanol–water partition coefficient (Wildman–Crippen LogP) is 27.7. The number of benzene rings is 20. The Hall–Kier alpha value is -12.7. The minimum absolute atomic E-state index is 1.22. The smallest absolute Gasteiger partial charge is 0.00141 e. The van der Waals surface area contributed by atoms with Gasteiger partial charge in [-0.2, -0.15) is 0 Å². The predicted molar refractivity (Wildman–Crippen MR) is 424 cm³/mol. The number of hydrogen-bond donors (Lipinski definition) is 0. The quantitative estimate of drug-likeness (QED) is 0.110. The highest BCUT2D eigenvalue weighted by atomic mass is 14.3. The Morgan fingerprint density at radius 3 is 0.796 bits per heavy atom. The van der Waals surface area contributed by atoms with Crippen LogP contribution in [0.4, 0.5) is 0 Å². The minimum atomic E-state index is 1.22. The second kappa shape index (κ2) is 23.6. The number of hydrogen-bond acceptors (Lipinski definition) is 0. The zero-order valence-electron chi connectivity index (χ0n) is 53.8. The number of rotatable bonds is 7. The van der Waals surface area contributed by atoms with Gasteiger partial charge in [0.25, 0.3) is 0 Å². The van der Waals surface area contributed by atoms with Crippen molar-refractivity contribution >= 4 is 118 Å². The van der Waals surface area contributed by atoms with E-state index in [0.717, 1.165) is 0 Å². The van der Waals surface area contributed by atoms with Gasteiger partial charge in [0.15, 0.2) is 0 Å². The fourth-order valence-electron chi connectivity index (χ4n) is 16.1. The summed E-state index contributed by atoms with van der Waals surface area (Å²) in [6.07, 6.45) is 0. The van der Waals surface area contributed by atoms with Crippen LogP contribution < -0.4 is 0 Å². The van der Waals surface area contributed by atoms with Gasteiger partial charge in [0.1, 0.15) is 0 Å². The highest BCUT2D eigenvalue weighted by molar-refractivity contribution is 6.29. The lowest BCUT2D eigenvalue weighted by atomic mass is 9.82. The zero-order chi connectivity index (χ0) is 64.6. The van der Waals surface area contributed by atoms with E-state index in [4.69, 9.17) is 0 Å². The number of fused-ring (bicyclic) bond motifs is 12. The third-order valence-corrected chi connectivity index (χ3v) is 20.6. The van der Waals surface area contributed by atoms with E-state index in [-0.39, 0.29) is 0 Å². The normalized spacial score (nSPS) is 11.7. The van der Waals surface area contributed by atoms with Crippen molar-refractivity contribution in [1.82, 2.24) is 0 Å². The second-order valence-electron chi connectivity index (χ2n) is 26.1. The molecule has 0 aliphatic heterocycles. The lowest BCUT2D eigenvalue weighted by Crippen LogP contribution is -1.93. The molecule has 20 rings (SSSR count). The molecule has 20 aromatic rings. The van der Waals surface area contributed by atoms with Crippen molar-refractivity contribution in [2.24, 2.45) is 0 Å². The first kappa shape index (κ1) is 56.8. The topological polar surface area (TPSA) is 0 Å². The van der Waals surface area contributed by atoms with E-state index >= 15 is 0 Å². The van der Waals surface area contributed by atoms with Crippen LogP contribution in [0.2, 0.25) is 0 Å². The molecule has 0 atom stereocenters. The Morgan fingerprint density at radius 2 is 0.347 bits per heavy atom. The van der Waals surface area contributed by atoms with Crippen LogP contribution in [0.15, 0.2) is 376 Å². The molecule has 20 aromatic carbocycles. The monoisotopic (exact) mass is 1240 g/mol. The van der Waals surface area contributed by atoms with Crippen LogP contribution in [0.25, 0.3) is 196 Å². The van der Waals surface area contributed by atoms with Gasteiger partial charge in [-0.15, -0.1) is 0 Å². The van der Waals surface area contributed by atoms with Gasteiger partial charge in [0.2, 0.25) is 0 Å². The molecule has 0 N–H and O–H groups in total. The summed E-state index contributed by atoms with van der Waals surface area (Å²) in [7, 11) is 0. The maximum atomic E-state index is 2.48. The van der Waals surface area contributed by atoms with Crippen molar-refractivity contribution in [2.45, 2.75) is 0 Å². The molecule has 0 aliphatic rings. The zero-order valence-corrected chi connectivity index (χ0v) is 53.8. The Bertz CT molecular complexity index is 6530. The van der Waals surface area contributed by atoms with E-state index in [1.807, 2.05) is 0 Å². The molecule has 454 valence electrons. The van der Waals surface area contributed by atoms with Crippen molar-refractivity contribution < 1.29 is 0 Å². The van der Waals surface area contributed by atoms with E-state index in [9.17, 15) is 0 Å². The van der Waals surface area contributed by atoms with Crippen molar-refractivity contribution in [3.8, 4) is 77.9 Å². The van der Waals surface area contributed by atoms with E-state index < -0.39 is 0 Å². The standard InChI is InChI=1S/C54H34.C44H28/c1-2-16-37(17-3-1)51-43-20-8-10-22-45(43)53(46-23-11-9-21-44(46)51)42-30-31-49-50(34-42)54(41-29-27-36-15-5-7-19-39(36)33-41)48-25-13-12-24-47(48)52(49)40-28-26-35-14-4-6-18-38(35)32-40;1-3-12-34-27-36(23-19-29(34)9-1)31-17-21-33(22-18-31)42-39-15-7-8-16-40(39)43(37-24-20-30-10-2-4-13-35(30)28-37)44-38-14-6-5-11-32(38)25-26-41(42)44/h1-34H;1-28H. The molecular formula is C98H62. The lowest BCUT2D eigenvalue weighted by Gasteiger charge is -2.21. The second-order valence-corrected chi connectivity index (χ2v) is 26.1. The van der Waals surface area contributed by atoms with Gasteiger partial charge in [-0.25, -0.2) is 0 Å². The first-order valence-electron chi connectivity index (χ1n) is 34.0. The highest BCUT2D eigenvalue weighted by Crippen LogP contribution is 2.51. The van der Waals surface area contributed by atoms with Crippen LogP contribution in [0.3, 0.4) is 0 Å². The molecule has 0 heteroatoms. The molecule has 98 heavy (non-hydrogen) atoms. The third-order valence-electron chi connectivity index (χ3n) is 20.6. The summed E-state index contributed by atoms with van der Waals surface area (Å²) in [6.45, 7) is 0. The van der Waals surface area contributed by atoms with Gasteiger partial charge in [-0.05, 0) is 227 Å². The molecule has 0 radical (unpaired) electrons. The molecule has 0 nitrogen and oxygen atoms in total. The van der Waals surface area contributed by atoms with Crippen LogP contribution >= 0.6 is 0 Å². The molecular weight excluding hydrogens is 1180 g/mol. The summed E-state index contributed by atoms with van der Waals surface area (Å²) < 4.78 is 0. The van der Waals surface area contributed by atoms with Crippen LogP contribution in [-0.4, -0.2) is 0 Å². The summed E-state index contributed by atoms with van der Waals surface area (Å²) in [5, 5.41) is 27.8. The van der Waals surface area contributed by atoms with Gasteiger partial charge in [-0.1, -0.05) is 346 Å². The Labute approximate surface area is 568 Å². The summed E-state index contributed by atoms with van der Waals surface area (Å²) in [6, 6.07) is 139. The molecule has 0 bridgehead atoms. The lowest BCUT2D eigenvalue weighted by molar-refractivity contribution is 1.63. The Morgan fingerprint density at radius 1 is 0.102 bits per heavy atom. The van der Waals surface area contributed by atoms with Gasteiger partial charge in [0.05, 0.1) is 0 Å².